The van der Waals surface area contributed by atoms with E-state index in [1.54, 1.807) is 11.8 Å². The molecule has 0 spiro atoms. The minimum Gasteiger partial charge on any atom is -0.480 e. The van der Waals surface area contributed by atoms with Crippen LogP contribution in [0, 0.1) is 0 Å². The predicted octanol–water partition coefficient (Wildman–Crippen LogP) is 0.241. The van der Waals surface area contributed by atoms with E-state index in [9.17, 15) is 14.7 Å². The number of carbonyl (C=O) groups excluding carboxylic acids is 1. The Morgan fingerprint density at radius 1 is 1.56 bits per heavy atom. The number of nitrogens with two attached hydrogens (primary N) is 1. The Labute approximate surface area is 98.4 Å². The first kappa shape index (κ1) is 11.7. The summed E-state index contributed by atoms with van der Waals surface area (Å²) in [5.41, 5.74) is 5.69. The first-order valence-corrected chi connectivity index (χ1v) is 6.21. The third kappa shape index (κ3) is 1.60. The number of amides is 1. The fraction of sp³-hybridized carbons (Fsp3) is 0.800. The number of carboxylic acid groups (broad SMARTS) is 1. The molecule has 0 aromatic rings. The Bertz CT molecular complexity index is 345. The minimum atomic E-state index is -0.942. The topological polar surface area (TPSA) is 83.6 Å². The second kappa shape index (κ2) is 3.63. The summed E-state index contributed by atoms with van der Waals surface area (Å²) in [6.07, 6.45) is 1.43. The molecule has 0 aliphatic carbocycles. The number of carbonyl (C=O) groups is 2. The van der Waals surface area contributed by atoms with Crippen LogP contribution in [0.25, 0.3) is 0 Å². The molecule has 3 N–H and O–H groups in total. The van der Waals surface area contributed by atoms with Crippen LogP contribution in [0.4, 0.5) is 0 Å². The maximum atomic E-state index is 11.9. The zero-order chi connectivity index (χ0) is 12.1. The number of aliphatic carboxylic acids is 1. The highest BCUT2D eigenvalue weighted by atomic mass is 32.2. The van der Waals surface area contributed by atoms with Crippen molar-refractivity contribution in [3.05, 3.63) is 0 Å². The average Bonchev–Trinajstić information content (AvgIpc) is 2.43. The van der Waals surface area contributed by atoms with Crippen molar-refractivity contribution in [1.82, 2.24) is 4.90 Å². The van der Waals surface area contributed by atoms with E-state index in [1.807, 2.05) is 13.8 Å². The number of piperidine rings is 1. The first-order chi connectivity index (χ1) is 7.34. The van der Waals surface area contributed by atoms with Gasteiger partial charge in [-0.1, -0.05) is 0 Å². The van der Waals surface area contributed by atoms with E-state index >= 15 is 0 Å². The molecule has 0 aromatic carbocycles. The summed E-state index contributed by atoms with van der Waals surface area (Å²) in [4.78, 5) is 24.7. The van der Waals surface area contributed by atoms with Crippen LogP contribution in [0.15, 0.2) is 0 Å². The largest absolute Gasteiger partial charge is 0.480 e. The predicted molar refractivity (Wildman–Crippen MR) is 60.9 cm³/mol. The first-order valence-electron chi connectivity index (χ1n) is 5.33. The van der Waals surface area contributed by atoms with E-state index in [0.717, 1.165) is 6.42 Å². The van der Waals surface area contributed by atoms with Gasteiger partial charge in [0.2, 0.25) is 5.91 Å². The summed E-state index contributed by atoms with van der Waals surface area (Å²) in [6.45, 7) is 3.74. The molecule has 1 unspecified atom stereocenters. The molecule has 2 rings (SSSR count). The van der Waals surface area contributed by atoms with Crippen molar-refractivity contribution >= 4 is 23.6 Å². The lowest BCUT2D eigenvalue weighted by Gasteiger charge is -2.35. The van der Waals surface area contributed by atoms with Crippen molar-refractivity contribution in [2.24, 2.45) is 5.73 Å². The smallest absolute Gasteiger partial charge is 0.327 e. The number of carboxylic acids is 1. The van der Waals surface area contributed by atoms with Crippen LogP contribution < -0.4 is 5.73 Å². The molecule has 0 radical (unpaired) electrons. The molecule has 2 fully saturated rings. The maximum Gasteiger partial charge on any atom is 0.327 e. The highest BCUT2D eigenvalue weighted by Crippen LogP contribution is 2.47. The maximum absolute atomic E-state index is 11.9. The third-order valence-electron chi connectivity index (χ3n) is 3.22. The van der Waals surface area contributed by atoms with E-state index in [0.29, 0.717) is 6.42 Å². The van der Waals surface area contributed by atoms with Crippen molar-refractivity contribution < 1.29 is 14.7 Å². The van der Waals surface area contributed by atoms with Crippen molar-refractivity contribution in [2.45, 2.75) is 48.9 Å². The summed E-state index contributed by atoms with van der Waals surface area (Å²) in [5, 5.41) is 9.22. The standard InChI is InChI=1S/C10H16N2O3S/c1-10(2)7(9(14)15)12-6(16-10)4-3-5(11)8(12)13/h5-7H,3-4,11H2,1-2H3,(H,14,15)/t5-,6?,7+/m0/s1. The van der Waals surface area contributed by atoms with E-state index in [-0.39, 0.29) is 11.3 Å². The molecular weight excluding hydrogens is 228 g/mol. The van der Waals surface area contributed by atoms with E-state index in [2.05, 4.69) is 0 Å². The number of thioether (sulfide) groups is 1. The minimum absolute atomic E-state index is 0.0246. The molecule has 2 aliphatic heterocycles. The SMILES string of the molecule is CC1(C)SC2CC[C@H](N)C(=O)N2[C@@H]1C(=O)O. The second-order valence-corrected chi connectivity index (χ2v) is 6.68. The molecule has 90 valence electrons. The molecular formula is C10H16N2O3S. The van der Waals surface area contributed by atoms with Crippen LogP contribution >= 0.6 is 11.8 Å². The summed E-state index contributed by atoms with van der Waals surface area (Å²) in [6, 6.07) is -1.30. The fourth-order valence-electron chi connectivity index (χ4n) is 2.49. The van der Waals surface area contributed by atoms with Crippen molar-refractivity contribution in [2.75, 3.05) is 0 Å². The zero-order valence-corrected chi connectivity index (χ0v) is 10.2. The van der Waals surface area contributed by atoms with Crippen LogP contribution in [0.5, 0.6) is 0 Å². The molecule has 0 aromatic heterocycles. The van der Waals surface area contributed by atoms with Gasteiger partial charge in [-0.05, 0) is 26.7 Å². The second-order valence-electron chi connectivity index (χ2n) is 4.85. The number of nitrogens with zero attached hydrogens (tertiary/aromatic N) is 1. The van der Waals surface area contributed by atoms with Crippen molar-refractivity contribution in [3.63, 3.8) is 0 Å². The zero-order valence-electron chi connectivity index (χ0n) is 9.34. The Morgan fingerprint density at radius 3 is 2.75 bits per heavy atom. The van der Waals surface area contributed by atoms with Crippen molar-refractivity contribution in [1.29, 1.82) is 0 Å². The summed E-state index contributed by atoms with van der Waals surface area (Å²) < 4.78 is -0.448. The van der Waals surface area contributed by atoms with Crippen LogP contribution in [-0.2, 0) is 9.59 Å². The summed E-state index contributed by atoms with van der Waals surface area (Å²) in [7, 11) is 0. The average molecular weight is 244 g/mol. The van der Waals surface area contributed by atoms with Crippen LogP contribution in [0.1, 0.15) is 26.7 Å². The number of hydrogen-bond acceptors (Lipinski definition) is 4. The molecule has 16 heavy (non-hydrogen) atoms. The van der Waals surface area contributed by atoms with E-state index < -0.39 is 22.8 Å². The Hall–Kier alpha value is -0.750. The van der Waals surface area contributed by atoms with Gasteiger partial charge in [0.05, 0.1) is 11.4 Å². The van der Waals surface area contributed by atoms with Gasteiger partial charge in [0.25, 0.3) is 0 Å². The number of rotatable bonds is 1. The van der Waals surface area contributed by atoms with Gasteiger partial charge in [-0.2, -0.15) is 0 Å². The summed E-state index contributed by atoms with van der Waals surface area (Å²) in [5.74, 6) is -1.16. The highest BCUT2D eigenvalue weighted by Gasteiger charge is 2.55. The van der Waals surface area contributed by atoms with E-state index in [1.165, 1.54) is 4.90 Å². The van der Waals surface area contributed by atoms with Gasteiger partial charge in [0.1, 0.15) is 6.04 Å². The quantitative estimate of drug-likeness (QED) is 0.690. The summed E-state index contributed by atoms with van der Waals surface area (Å²) >= 11 is 1.56. The lowest BCUT2D eigenvalue weighted by atomic mass is 9.97. The number of hydrogen-bond donors (Lipinski definition) is 2. The molecule has 6 heteroatoms. The fourth-order valence-corrected chi connectivity index (χ4v) is 4.13. The Balaban J connectivity index is 2.35. The van der Waals surface area contributed by atoms with Gasteiger partial charge in [0.15, 0.2) is 0 Å². The monoisotopic (exact) mass is 244 g/mol. The molecule has 2 aliphatic rings. The Kier molecular flexibility index (Phi) is 2.66. The van der Waals surface area contributed by atoms with Gasteiger partial charge >= 0.3 is 5.97 Å². The molecule has 1 amide bonds. The molecule has 5 nitrogen and oxygen atoms in total. The van der Waals surface area contributed by atoms with Crippen LogP contribution in [0.2, 0.25) is 0 Å². The number of fused-ring (bicyclic) bond motifs is 1. The molecule has 0 bridgehead atoms. The Morgan fingerprint density at radius 2 is 2.19 bits per heavy atom. The van der Waals surface area contributed by atoms with Gasteiger partial charge in [-0.3, -0.25) is 4.79 Å². The molecule has 2 saturated heterocycles. The van der Waals surface area contributed by atoms with Crippen LogP contribution in [0.3, 0.4) is 0 Å². The van der Waals surface area contributed by atoms with Gasteiger partial charge in [-0.15, -0.1) is 11.8 Å². The molecule has 3 atom stereocenters. The third-order valence-corrected chi connectivity index (χ3v) is 4.78. The van der Waals surface area contributed by atoms with E-state index in [4.69, 9.17) is 5.73 Å². The molecule has 0 saturated carbocycles. The van der Waals surface area contributed by atoms with Gasteiger partial charge in [-0.25, -0.2) is 4.79 Å². The lowest BCUT2D eigenvalue weighted by molar-refractivity contribution is -0.153. The van der Waals surface area contributed by atoms with Crippen LogP contribution in [-0.4, -0.2) is 44.1 Å². The lowest BCUT2D eigenvalue weighted by Crippen LogP contribution is -2.57. The van der Waals surface area contributed by atoms with Crippen molar-refractivity contribution in [3.8, 4) is 0 Å². The van der Waals surface area contributed by atoms with Gasteiger partial charge in [0, 0.05) is 4.75 Å². The molecule has 2 heterocycles. The highest BCUT2D eigenvalue weighted by molar-refractivity contribution is 8.01. The van der Waals surface area contributed by atoms with Gasteiger partial charge < -0.3 is 15.7 Å². The normalized spacial score (nSPS) is 37.3.